The summed E-state index contributed by atoms with van der Waals surface area (Å²) in [4.78, 5) is 4.21. The van der Waals surface area contributed by atoms with Crippen molar-refractivity contribution in [1.82, 2.24) is 10.3 Å². The van der Waals surface area contributed by atoms with E-state index in [2.05, 4.69) is 21.7 Å². The van der Waals surface area contributed by atoms with Gasteiger partial charge in [0.1, 0.15) is 0 Å². The van der Waals surface area contributed by atoms with Crippen LogP contribution in [0.4, 0.5) is 0 Å². The maximum absolute atomic E-state index is 5.97. The summed E-state index contributed by atoms with van der Waals surface area (Å²) in [5, 5.41) is 6.23. The van der Waals surface area contributed by atoms with Gasteiger partial charge in [0, 0.05) is 23.5 Å². The smallest absolute Gasteiger partial charge is 0.0795 e. The molecule has 4 heteroatoms. The number of halogens is 1. The van der Waals surface area contributed by atoms with Crippen LogP contribution in [0.25, 0.3) is 0 Å². The number of thiazole rings is 1. The van der Waals surface area contributed by atoms with E-state index in [4.69, 9.17) is 11.6 Å². The predicted molar refractivity (Wildman–Crippen MR) is 68.8 cm³/mol. The zero-order chi connectivity index (χ0) is 11.4. The summed E-state index contributed by atoms with van der Waals surface area (Å²) < 4.78 is 0. The quantitative estimate of drug-likeness (QED) is 0.902. The summed E-state index contributed by atoms with van der Waals surface area (Å²) in [6.07, 6.45) is 0. The number of rotatable bonds is 4. The van der Waals surface area contributed by atoms with Crippen LogP contribution in [-0.2, 0) is 13.1 Å². The Labute approximate surface area is 104 Å². The molecule has 2 nitrogen and oxygen atoms in total. The van der Waals surface area contributed by atoms with Gasteiger partial charge in [-0.15, -0.1) is 11.3 Å². The Morgan fingerprint density at radius 3 is 2.94 bits per heavy atom. The fraction of sp³-hybridized carbons (Fsp3) is 0.250. The highest BCUT2D eigenvalue weighted by atomic mass is 35.5. The Balaban J connectivity index is 1.87. The molecule has 0 bridgehead atoms. The van der Waals surface area contributed by atoms with Crippen LogP contribution in [0.3, 0.4) is 0 Å². The fourth-order valence-electron chi connectivity index (χ4n) is 1.48. The van der Waals surface area contributed by atoms with Gasteiger partial charge < -0.3 is 5.32 Å². The maximum atomic E-state index is 5.97. The van der Waals surface area contributed by atoms with Crippen molar-refractivity contribution in [2.75, 3.05) is 0 Å². The SMILES string of the molecule is Cc1cc(CNCc2cscn2)ccc1Cl. The van der Waals surface area contributed by atoms with Gasteiger partial charge in [-0.3, -0.25) is 0 Å². The van der Waals surface area contributed by atoms with Crippen LogP contribution in [0, 0.1) is 6.92 Å². The zero-order valence-corrected chi connectivity index (χ0v) is 10.6. The summed E-state index contributed by atoms with van der Waals surface area (Å²) in [7, 11) is 0. The lowest BCUT2D eigenvalue weighted by molar-refractivity contribution is 0.682. The van der Waals surface area contributed by atoms with Gasteiger partial charge >= 0.3 is 0 Å². The maximum Gasteiger partial charge on any atom is 0.0795 e. The molecule has 0 amide bonds. The van der Waals surface area contributed by atoms with Crippen molar-refractivity contribution in [2.45, 2.75) is 20.0 Å². The number of nitrogens with zero attached hydrogens (tertiary/aromatic N) is 1. The Morgan fingerprint density at radius 2 is 2.25 bits per heavy atom. The van der Waals surface area contributed by atoms with E-state index in [0.717, 1.165) is 29.4 Å². The molecule has 0 saturated heterocycles. The van der Waals surface area contributed by atoms with Crippen molar-refractivity contribution in [2.24, 2.45) is 0 Å². The molecule has 1 heterocycles. The fourth-order valence-corrected chi connectivity index (χ4v) is 2.15. The third-order valence-electron chi connectivity index (χ3n) is 2.34. The average molecular weight is 253 g/mol. The first-order chi connectivity index (χ1) is 7.75. The molecule has 16 heavy (non-hydrogen) atoms. The van der Waals surface area contributed by atoms with Crippen molar-refractivity contribution < 1.29 is 0 Å². The van der Waals surface area contributed by atoms with Crippen molar-refractivity contribution in [1.29, 1.82) is 0 Å². The monoisotopic (exact) mass is 252 g/mol. The minimum Gasteiger partial charge on any atom is -0.307 e. The van der Waals surface area contributed by atoms with Crippen LogP contribution in [0.2, 0.25) is 5.02 Å². The first kappa shape index (κ1) is 11.6. The van der Waals surface area contributed by atoms with Crippen LogP contribution in [-0.4, -0.2) is 4.98 Å². The third kappa shape index (κ3) is 3.04. The van der Waals surface area contributed by atoms with E-state index in [-0.39, 0.29) is 0 Å². The van der Waals surface area contributed by atoms with E-state index >= 15 is 0 Å². The highest BCUT2D eigenvalue weighted by Crippen LogP contribution is 2.16. The molecule has 0 fully saturated rings. The summed E-state index contributed by atoms with van der Waals surface area (Å²) in [5.41, 5.74) is 5.31. The third-order valence-corrected chi connectivity index (χ3v) is 3.40. The van der Waals surface area contributed by atoms with Gasteiger partial charge in [0.2, 0.25) is 0 Å². The van der Waals surface area contributed by atoms with Gasteiger partial charge in [0.05, 0.1) is 11.2 Å². The minimum absolute atomic E-state index is 0.811. The zero-order valence-electron chi connectivity index (χ0n) is 9.03. The molecule has 2 aromatic rings. The molecule has 0 unspecified atom stereocenters. The van der Waals surface area contributed by atoms with Gasteiger partial charge in [-0.1, -0.05) is 23.7 Å². The lowest BCUT2D eigenvalue weighted by atomic mass is 10.1. The standard InChI is InChI=1S/C12H13ClN2S/c1-9-4-10(2-3-12(9)13)5-14-6-11-7-16-8-15-11/h2-4,7-8,14H,5-6H2,1H3. The number of nitrogens with one attached hydrogen (secondary N) is 1. The van der Waals surface area contributed by atoms with E-state index in [9.17, 15) is 0 Å². The Morgan fingerprint density at radius 1 is 1.38 bits per heavy atom. The highest BCUT2D eigenvalue weighted by Gasteiger charge is 1.98. The van der Waals surface area contributed by atoms with E-state index < -0.39 is 0 Å². The lowest BCUT2D eigenvalue weighted by Crippen LogP contribution is -2.12. The summed E-state index contributed by atoms with van der Waals surface area (Å²) >= 11 is 7.59. The van der Waals surface area contributed by atoms with Crippen molar-refractivity contribution >= 4 is 22.9 Å². The second kappa shape index (κ2) is 5.43. The van der Waals surface area contributed by atoms with E-state index in [1.54, 1.807) is 11.3 Å². The molecule has 0 saturated carbocycles. The Hall–Kier alpha value is -0.900. The lowest BCUT2D eigenvalue weighted by Gasteiger charge is -2.05. The largest absolute Gasteiger partial charge is 0.307 e. The average Bonchev–Trinajstić information content (AvgIpc) is 2.76. The molecule has 0 spiro atoms. The van der Waals surface area contributed by atoms with Gasteiger partial charge in [0.15, 0.2) is 0 Å². The number of benzene rings is 1. The molecule has 0 atom stereocenters. The van der Waals surface area contributed by atoms with Crippen LogP contribution in [0.5, 0.6) is 0 Å². The van der Waals surface area contributed by atoms with Crippen LogP contribution < -0.4 is 5.32 Å². The number of hydrogen-bond donors (Lipinski definition) is 1. The summed E-state index contributed by atoms with van der Waals surface area (Å²) in [6.45, 7) is 3.67. The molecule has 84 valence electrons. The van der Waals surface area contributed by atoms with Gasteiger partial charge in [-0.2, -0.15) is 0 Å². The number of hydrogen-bond acceptors (Lipinski definition) is 3. The molecule has 1 aromatic heterocycles. The van der Waals surface area contributed by atoms with Crippen LogP contribution in [0.1, 0.15) is 16.8 Å². The highest BCUT2D eigenvalue weighted by molar-refractivity contribution is 7.07. The minimum atomic E-state index is 0.811. The molecule has 1 aromatic carbocycles. The summed E-state index contributed by atoms with van der Waals surface area (Å²) in [5.74, 6) is 0. The van der Waals surface area contributed by atoms with Gasteiger partial charge in [-0.05, 0) is 24.1 Å². The molecule has 1 N–H and O–H groups in total. The van der Waals surface area contributed by atoms with Crippen molar-refractivity contribution in [3.05, 3.63) is 50.9 Å². The normalized spacial score (nSPS) is 10.6. The molecular weight excluding hydrogens is 240 g/mol. The van der Waals surface area contributed by atoms with Crippen molar-refractivity contribution in [3.8, 4) is 0 Å². The van der Waals surface area contributed by atoms with Crippen molar-refractivity contribution in [3.63, 3.8) is 0 Å². The Kier molecular flexibility index (Phi) is 3.93. The van der Waals surface area contributed by atoms with E-state index in [0.29, 0.717) is 0 Å². The topological polar surface area (TPSA) is 24.9 Å². The number of aromatic nitrogens is 1. The molecule has 0 aliphatic rings. The molecule has 0 radical (unpaired) electrons. The molecule has 0 aliphatic carbocycles. The first-order valence-corrected chi connectivity index (χ1v) is 6.40. The molecule has 2 rings (SSSR count). The second-order valence-electron chi connectivity index (χ2n) is 3.67. The molecule has 0 aliphatic heterocycles. The Bertz CT molecular complexity index is 454. The van der Waals surface area contributed by atoms with E-state index in [1.165, 1.54) is 5.56 Å². The second-order valence-corrected chi connectivity index (χ2v) is 4.79. The van der Waals surface area contributed by atoms with Crippen LogP contribution in [0.15, 0.2) is 29.1 Å². The summed E-state index contributed by atoms with van der Waals surface area (Å²) in [6, 6.07) is 6.09. The van der Waals surface area contributed by atoms with E-state index in [1.807, 2.05) is 24.6 Å². The van der Waals surface area contributed by atoms with Crippen LogP contribution >= 0.6 is 22.9 Å². The van der Waals surface area contributed by atoms with Gasteiger partial charge in [0.25, 0.3) is 0 Å². The predicted octanol–water partition coefficient (Wildman–Crippen LogP) is 3.39. The van der Waals surface area contributed by atoms with Gasteiger partial charge in [-0.25, -0.2) is 4.98 Å². The number of aryl methyl sites for hydroxylation is 1. The first-order valence-electron chi connectivity index (χ1n) is 5.08. The molecular formula is C12H13ClN2S.